The molecule has 4 aliphatic rings. The van der Waals surface area contributed by atoms with E-state index in [9.17, 15) is 9.90 Å². The van der Waals surface area contributed by atoms with Crippen LogP contribution in [0.1, 0.15) is 82.2 Å². The molecule has 6 atom stereocenters. The zero-order valence-electron chi connectivity index (χ0n) is 18.6. The van der Waals surface area contributed by atoms with Gasteiger partial charge >= 0.3 is 5.97 Å². The highest BCUT2D eigenvalue weighted by molar-refractivity contribution is 5.87. The Morgan fingerprint density at radius 3 is 2.23 bits per heavy atom. The fourth-order valence-corrected chi connectivity index (χ4v) is 8.04. The van der Waals surface area contributed by atoms with Crippen LogP contribution in [0.15, 0.2) is 30.5 Å². The van der Waals surface area contributed by atoms with Gasteiger partial charge in [-0.3, -0.25) is 9.69 Å². The molecule has 1 N–H and O–H groups in total. The molecule has 4 bridgehead atoms. The molecule has 0 unspecified atom stereocenters. The van der Waals surface area contributed by atoms with Crippen molar-refractivity contribution >= 4 is 16.9 Å². The van der Waals surface area contributed by atoms with Crippen LogP contribution in [0.4, 0.5) is 0 Å². The number of fused-ring (bicyclic) bond motifs is 5. The minimum absolute atomic E-state index is 0.115. The maximum absolute atomic E-state index is 11.4. The van der Waals surface area contributed by atoms with Crippen molar-refractivity contribution in [1.82, 2.24) is 9.47 Å². The normalized spacial score (nSPS) is 35.9. The number of piperidine rings is 2. The zero-order valence-corrected chi connectivity index (χ0v) is 18.6. The number of carboxylic acid groups (broad SMARTS) is 1. The number of hydrogen-bond acceptors (Lipinski definition) is 2. The molecular weight excluding hydrogens is 384 g/mol. The molecule has 4 fully saturated rings. The highest BCUT2D eigenvalue weighted by Gasteiger charge is 2.45. The Hall–Kier alpha value is -1.81. The lowest BCUT2D eigenvalue weighted by Crippen LogP contribution is -2.58. The quantitative estimate of drug-likeness (QED) is 0.680. The molecule has 4 heteroatoms. The summed E-state index contributed by atoms with van der Waals surface area (Å²) in [6, 6.07) is 11.2. The van der Waals surface area contributed by atoms with E-state index >= 15 is 0 Å². The van der Waals surface area contributed by atoms with Gasteiger partial charge < -0.3 is 9.67 Å². The van der Waals surface area contributed by atoms with Crippen LogP contribution in [0.25, 0.3) is 10.9 Å². The molecule has 2 saturated carbocycles. The Kier molecular flexibility index (Phi) is 5.09. The summed E-state index contributed by atoms with van der Waals surface area (Å²) in [6.07, 6.45) is 17.6. The van der Waals surface area contributed by atoms with E-state index in [2.05, 4.69) is 33.9 Å². The Bertz CT molecular complexity index is 939. The molecule has 2 aromatic rings. The molecule has 3 heterocycles. The van der Waals surface area contributed by atoms with E-state index in [4.69, 9.17) is 0 Å². The lowest BCUT2D eigenvalue weighted by atomic mass is 9.68. The fraction of sp³-hybridized carbons (Fsp3) is 0.667. The average Bonchev–Trinajstić information content (AvgIpc) is 3.10. The number of nitrogens with zero attached hydrogens (tertiary/aromatic N) is 2. The van der Waals surface area contributed by atoms with Crippen LogP contribution in [-0.4, -0.2) is 38.7 Å². The van der Waals surface area contributed by atoms with Crippen molar-refractivity contribution < 1.29 is 9.90 Å². The summed E-state index contributed by atoms with van der Waals surface area (Å²) in [7, 11) is 0. The molecule has 31 heavy (non-hydrogen) atoms. The van der Waals surface area contributed by atoms with Gasteiger partial charge in [-0.05, 0) is 68.4 Å². The number of rotatable bonds is 4. The van der Waals surface area contributed by atoms with Crippen LogP contribution < -0.4 is 0 Å². The first kappa shape index (κ1) is 19.8. The van der Waals surface area contributed by atoms with Gasteiger partial charge in [0.25, 0.3) is 0 Å². The summed E-state index contributed by atoms with van der Waals surface area (Å²) in [5.74, 6) is 1.24. The van der Waals surface area contributed by atoms with Gasteiger partial charge in [0.2, 0.25) is 0 Å². The monoisotopic (exact) mass is 420 g/mol. The summed E-state index contributed by atoms with van der Waals surface area (Å²) >= 11 is 0. The van der Waals surface area contributed by atoms with E-state index in [0.717, 1.165) is 28.8 Å². The second-order valence-electron chi connectivity index (χ2n) is 11.0. The number of carbonyl (C=O) groups is 1. The van der Waals surface area contributed by atoms with Crippen LogP contribution in [0.5, 0.6) is 0 Å². The molecule has 0 radical (unpaired) electrons. The lowest BCUT2D eigenvalue weighted by Gasteiger charge is -2.55. The summed E-state index contributed by atoms with van der Waals surface area (Å²) < 4.78 is 2.45. The standard InChI is InChI=1S/C27H36N2O2/c30-27(31)14-20-17-28(26-10-2-1-9-25(20)26)23-15-21-7-4-8-22(16-23)29(21)24-12-18-5-3-6-19(11-18)13-24/h1-2,9-10,17-19,21-24H,3-8,11-16H2,(H,30,31)/t18-,19+,21-,22+,23+,24+. The van der Waals surface area contributed by atoms with Gasteiger partial charge in [-0.2, -0.15) is 0 Å². The number of carboxylic acids is 1. The van der Waals surface area contributed by atoms with Crippen LogP contribution in [0, 0.1) is 11.8 Å². The number of para-hydroxylation sites is 1. The predicted molar refractivity (Wildman–Crippen MR) is 123 cm³/mol. The lowest BCUT2D eigenvalue weighted by molar-refractivity contribution is -0.136. The van der Waals surface area contributed by atoms with E-state index < -0.39 is 5.97 Å². The Balaban J connectivity index is 1.28. The molecular formula is C27H36N2O2. The van der Waals surface area contributed by atoms with E-state index in [1.54, 1.807) is 0 Å². The molecule has 6 rings (SSSR count). The maximum atomic E-state index is 11.4. The smallest absolute Gasteiger partial charge is 0.307 e. The number of aliphatic carboxylic acids is 1. The first-order chi connectivity index (χ1) is 15.2. The highest BCUT2D eigenvalue weighted by atomic mass is 16.4. The Morgan fingerprint density at radius 2 is 1.52 bits per heavy atom. The van der Waals surface area contributed by atoms with Crippen molar-refractivity contribution in [3.8, 4) is 0 Å². The molecule has 2 saturated heterocycles. The van der Waals surface area contributed by atoms with E-state index in [-0.39, 0.29) is 6.42 Å². The minimum Gasteiger partial charge on any atom is -0.481 e. The average molecular weight is 421 g/mol. The Morgan fingerprint density at radius 1 is 0.839 bits per heavy atom. The van der Waals surface area contributed by atoms with Crippen molar-refractivity contribution in [3.63, 3.8) is 0 Å². The van der Waals surface area contributed by atoms with E-state index in [1.165, 1.54) is 76.1 Å². The summed E-state index contributed by atoms with van der Waals surface area (Å²) in [5, 5.41) is 10.5. The number of benzene rings is 1. The van der Waals surface area contributed by atoms with Crippen LogP contribution in [0.2, 0.25) is 0 Å². The first-order valence-corrected chi connectivity index (χ1v) is 12.7. The van der Waals surface area contributed by atoms with Crippen molar-refractivity contribution in [2.75, 3.05) is 0 Å². The summed E-state index contributed by atoms with van der Waals surface area (Å²) in [5.41, 5.74) is 2.19. The third-order valence-electron chi connectivity index (χ3n) is 9.09. The van der Waals surface area contributed by atoms with Crippen LogP contribution >= 0.6 is 0 Å². The van der Waals surface area contributed by atoms with Crippen molar-refractivity contribution in [3.05, 3.63) is 36.0 Å². The Labute approximate surface area is 185 Å². The SMILES string of the molecule is O=C(O)Cc1cn([C@H]2C[C@H]3CCC[C@@H](C2)N3[C@H]2C[C@@H]3CCC[C@@H](C3)C2)c2ccccc12. The van der Waals surface area contributed by atoms with Gasteiger partial charge in [0, 0.05) is 41.3 Å². The van der Waals surface area contributed by atoms with Crippen molar-refractivity contribution in [1.29, 1.82) is 0 Å². The van der Waals surface area contributed by atoms with E-state index in [1.807, 2.05) is 6.07 Å². The molecule has 4 nitrogen and oxygen atoms in total. The van der Waals surface area contributed by atoms with Gasteiger partial charge in [-0.25, -0.2) is 0 Å². The largest absolute Gasteiger partial charge is 0.481 e. The van der Waals surface area contributed by atoms with Crippen molar-refractivity contribution in [2.45, 2.75) is 101 Å². The number of aromatic nitrogens is 1. The van der Waals surface area contributed by atoms with Gasteiger partial charge in [-0.1, -0.05) is 43.9 Å². The summed E-state index contributed by atoms with van der Waals surface area (Å²) in [4.78, 5) is 14.5. The predicted octanol–water partition coefficient (Wildman–Crippen LogP) is 5.80. The minimum atomic E-state index is -0.738. The highest BCUT2D eigenvalue weighted by Crippen LogP contribution is 2.48. The zero-order chi connectivity index (χ0) is 20.9. The van der Waals surface area contributed by atoms with Crippen molar-refractivity contribution in [2.24, 2.45) is 11.8 Å². The molecule has 1 aromatic heterocycles. The molecule has 166 valence electrons. The van der Waals surface area contributed by atoms with Gasteiger partial charge in [0.05, 0.1) is 6.42 Å². The summed E-state index contributed by atoms with van der Waals surface area (Å²) in [6.45, 7) is 0. The third-order valence-corrected chi connectivity index (χ3v) is 9.09. The first-order valence-electron chi connectivity index (χ1n) is 12.7. The topological polar surface area (TPSA) is 45.5 Å². The van der Waals surface area contributed by atoms with Gasteiger partial charge in [0.1, 0.15) is 0 Å². The molecule has 0 spiro atoms. The number of hydrogen-bond donors (Lipinski definition) is 1. The second-order valence-corrected chi connectivity index (χ2v) is 11.0. The van der Waals surface area contributed by atoms with Gasteiger partial charge in [-0.15, -0.1) is 0 Å². The van der Waals surface area contributed by atoms with Crippen LogP contribution in [-0.2, 0) is 11.2 Å². The maximum Gasteiger partial charge on any atom is 0.307 e. The second kappa shape index (κ2) is 7.95. The van der Waals surface area contributed by atoms with Gasteiger partial charge in [0.15, 0.2) is 0 Å². The molecule has 0 amide bonds. The third kappa shape index (κ3) is 3.61. The molecule has 1 aromatic carbocycles. The molecule has 2 aliphatic carbocycles. The fourth-order valence-electron chi connectivity index (χ4n) is 8.04. The van der Waals surface area contributed by atoms with Crippen LogP contribution in [0.3, 0.4) is 0 Å². The van der Waals surface area contributed by atoms with E-state index in [0.29, 0.717) is 18.1 Å². The molecule has 2 aliphatic heterocycles.